The van der Waals surface area contributed by atoms with E-state index >= 15 is 0 Å². The number of anilines is 1. The summed E-state index contributed by atoms with van der Waals surface area (Å²) >= 11 is 0. The summed E-state index contributed by atoms with van der Waals surface area (Å²) in [6.07, 6.45) is 2.41. The van der Waals surface area contributed by atoms with Crippen molar-refractivity contribution < 1.29 is 9.90 Å². The van der Waals surface area contributed by atoms with Gasteiger partial charge in [0.1, 0.15) is 5.75 Å². The Morgan fingerprint density at radius 2 is 2.11 bits per heavy atom. The normalized spacial score (nSPS) is 18.7. The molecule has 1 aliphatic heterocycles. The minimum absolute atomic E-state index is 0.0865. The van der Waals surface area contributed by atoms with Gasteiger partial charge in [0.2, 0.25) is 0 Å². The van der Waals surface area contributed by atoms with E-state index in [1.54, 1.807) is 12.1 Å². The highest BCUT2D eigenvalue weighted by Gasteiger charge is 2.26. The van der Waals surface area contributed by atoms with Crippen molar-refractivity contribution in [3.05, 3.63) is 23.8 Å². The van der Waals surface area contributed by atoms with E-state index in [-0.39, 0.29) is 11.5 Å². The predicted octanol–water partition coefficient (Wildman–Crippen LogP) is 3.22. The summed E-state index contributed by atoms with van der Waals surface area (Å²) in [5.41, 5.74) is 1.72. The van der Waals surface area contributed by atoms with Gasteiger partial charge in [-0.1, -0.05) is 13.8 Å². The van der Waals surface area contributed by atoms with Gasteiger partial charge < -0.3 is 10.0 Å². The smallest absolute Gasteiger partial charge is 0.163 e. The molecule has 0 saturated carbocycles. The third-order valence-electron chi connectivity index (χ3n) is 3.63. The molecule has 98 valence electrons. The number of phenols is 1. The molecule has 18 heavy (non-hydrogen) atoms. The van der Waals surface area contributed by atoms with Crippen LogP contribution in [0.1, 0.15) is 44.0 Å². The predicted molar refractivity (Wildman–Crippen MR) is 73.3 cm³/mol. The standard InChI is InChI=1S/C15H21NO2/c1-11(17)13-6-5-12(9-14(13)18)16-8-4-7-15(2,3)10-16/h5-6,9,18H,4,7-8,10H2,1-3H3. The lowest BCUT2D eigenvalue weighted by atomic mass is 9.84. The number of carbonyl (C=O) groups excluding carboxylic acids is 1. The molecule has 0 radical (unpaired) electrons. The number of hydrogen-bond acceptors (Lipinski definition) is 3. The van der Waals surface area contributed by atoms with Crippen molar-refractivity contribution >= 4 is 11.5 Å². The zero-order valence-electron chi connectivity index (χ0n) is 11.4. The Balaban J connectivity index is 2.24. The topological polar surface area (TPSA) is 40.5 Å². The maximum atomic E-state index is 11.3. The molecule has 3 heteroatoms. The fraction of sp³-hybridized carbons (Fsp3) is 0.533. The van der Waals surface area contributed by atoms with Crippen molar-refractivity contribution in [2.45, 2.75) is 33.6 Å². The fourth-order valence-electron chi connectivity index (χ4n) is 2.66. The minimum Gasteiger partial charge on any atom is -0.507 e. The first-order valence-electron chi connectivity index (χ1n) is 6.48. The van der Waals surface area contributed by atoms with E-state index in [2.05, 4.69) is 18.7 Å². The zero-order valence-corrected chi connectivity index (χ0v) is 11.4. The van der Waals surface area contributed by atoms with Crippen LogP contribution in [0.4, 0.5) is 5.69 Å². The molecule has 1 saturated heterocycles. The average Bonchev–Trinajstić information content (AvgIpc) is 2.27. The van der Waals surface area contributed by atoms with E-state index in [1.807, 2.05) is 6.07 Å². The van der Waals surface area contributed by atoms with Gasteiger partial charge in [-0.3, -0.25) is 4.79 Å². The van der Waals surface area contributed by atoms with Crippen molar-refractivity contribution in [3.63, 3.8) is 0 Å². The Bertz CT molecular complexity index is 466. The molecule has 0 unspecified atom stereocenters. The lowest BCUT2D eigenvalue weighted by Gasteiger charge is -2.39. The Morgan fingerprint density at radius 3 is 2.67 bits per heavy atom. The Morgan fingerprint density at radius 1 is 1.39 bits per heavy atom. The van der Waals surface area contributed by atoms with Crippen LogP contribution in [0.15, 0.2) is 18.2 Å². The largest absolute Gasteiger partial charge is 0.507 e. The molecular weight excluding hydrogens is 226 g/mol. The molecule has 0 aromatic heterocycles. The van der Waals surface area contributed by atoms with Gasteiger partial charge in [-0.05, 0) is 37.3 Å². The van der Waals surface area contributed by atoms with Gasteiger partial charge in [-0.2, -0.15) is 0 Å². The van der Waals surface area contributed by atoms with Crippen LogP contribution in [-0.4, -0.2) is 24.0 Å². The number of benzene rings is 1. The molecular formula is C15H21NO2. The van der Waals surface area contributed by atoms with Crippen LogP contribution in [0.3, 0.4) is 0 Å². The summed E-state index contributed by atoms with van der Waals surface area (Å²) < 4.78 is 0. The van der Waals surface area contributed by atoms with Gasteiger partial charge in [0.25, 0.3) is 0 Å². The first-order valence-corrected chi connectivity index (χ1v) is 6.48. The highest BCUT2D eigenvalue weighted by atomic mass is 16.3. The average molecular weight is 247 g/mol. The molecule has 1 fully saturated rings. The minimum atomic E-state index is -0.0991. The third kappa shape index (κ3) is 2.66. The second-order valence-corrected chi connectivity index (χ2v) is 5.95. The maximum Gasteiger partial charge on any atom is 0.163 e. The zero-order chi connectivity index (χ0) is 13.3. The van der Waals surface area contributed by atoms with Crippen molar-refractivity contribution in [2.24, 2.45) is 5.41 Å². The van der Waals surface area contributed by atoms with Gasteiger partial charge in [0, 0.05) is 24.8 Å². The number of Topliss-reactive ketones (excluding diaryl/α,β-unsaturated/α-hetero) is 1. The highest BCUT2D eigenvalue weighted by Crippen LogP contribution is 2.33. The monoisotopic (exact) mass is 247 g/mol. The third-order valence-corrected chi connectivity index (χ3v) is 3.63. The van der Waals surface area contributed by atoms with Crippen LogP contribution in [0, 0.1) is 5.41 Å². The van der Waals surface area contributed by atoms with Crippen LogP contribution in [0.2, 0.25) is 0 Å². The number of carbonyl (C=O) groups is 1. The molecule has 2 rings (SSSR count). The first-order chi connectivity index (χ1) is 8.39. The lowest BCUT2D eigenvalue weighted by molar-refractivity contribution is 0.101. The SMILES string of the molecule is CC(=O)c1ccc(N2CCCC(C)(C)C2)cc1O. The number of rotatable bonds is 2. The van der Waals surface area contributed by atoms with Crippen molar-refractivity contribution in [2.75, 3.05) is 18.0 Å². The summed E-state index contributed by atoms with van der Waals surface area (Å²) in [7, 11) is 0. The molecule has 1 aromatic rings. The summed E-state index contributed by atoms with van der Waals surface area (Å²) in [6.45, 7) is 8.01. The van der Waals surface area contributed by atoms with Crippen molar-refractivity contribution in [3.8, 4) is 5.75 Å². The van der Waals surface area contributed by atoms with Gasteiger partial charge in [0.05, 0.1) is 5.56 Å². The summed E-state index contributed by atoms with van der Waals surface area (Å²) in [5.74, 6) is -0.0126. The second-order valence-electron chi connectivity index (χ2n) is 5.95. The van der Waals surface area contributed by atoms with Crippen LogP contribution < -0.4 is 4.90 Å². The van der Waals surface area contributed by atoms with Gasteiger partial charge in [0.15, 0.2) is 5.78 Å². The lowest BCUT2D eigenvalue weighted by Crippen LogP contribution is -2.40. The van der Waals surface area contributed by atoms with E-state index in [4.69, 9.17) is 0 Å². The van der Waals surface area contributed by atoms with Gasteiger partial charge >= 0.3 is 0 Å². The van der Waals surface area contributed by atoms with Crippen LogP contribution >= 0.6 is 0 Å². The van der Waals surface area contributed by atoms with Crippen LogP contribution in [0.5, 0.6) is 5.75 Å². The van der Waals surface area contributed by atoms with Gasteiger partial charge in [-0.25, -0.2) is 0 Å². The van der Waals surface area contributed by atoms with Crippen molar-refractivity contribution in [1.29, 1.82) is 0 Å². The molecule has 0 atom stereocenters. The number of hydrogen-bond donors (Lipinski definition) is 1. The molecule has 0 bridgehead atoms. The van der Waals surface area contributed by atoms with Crippen molar-refractivity contribution in [1.82, 2.24) is 0 Å². The fourth-order valence-corrected chi connectivity index (χ4v) is 2.66. The molecule has 1 aliphatic rings. The number of piperidine rings is 1. The first kappa shape index (κ1) is 12.9. The molecule has 0 amide bonds. The van der Waals surface area contributed by atoms with Crippen LogP contribution in [0.25, 0.3) is 0 Å². The molecule has 0 spiro atoms. The number of phenolic OH excluding ortho intramolecular Hbond substituents is 1. The maximum absolute atomic E-state index is 11.3. The van der Waals surface area contributed by atoms with Gasteiger partial charge in [-0.15, -0.1) is 0 Å². The van der Waals surface area contributed by atoms with E-state index in [9.17, 15) is 9.90 Å². The van der Waals surface area contributed by atoms with E-state index in [1.165, 1.54) is 19.8 Å². The Labute approximate surface area is 108 Å². The summed E-state index contributed by atoms with van der Waals surface area (Å²) in [5, 5.41) is 9.88. The highest BCUT2D eigenvalue weighted by molar-refractivity contribution is 5.97. The Kier molecular flexibility index (Phi) is 3.33. The van der Waals surface area contributed by atoms with Crippen LogP contribution in [-0.2, 0) is 0 Å². The van der Waals surface area contributed by atoms with E-state index in [0.717, 1.165) is 18.8 Å². The number of aromatic hydroxyl groups is 1. The van der Waals surface area contributed by atoms with E-state index < -0.39 is 0 Å². The Hall–Kier alpha value is -1.51. The van der Waals surface area contributed by atoms with E-state index in [0.29, 0.717) is 11.0 Å². The molecule has 0 aliphatic carbocycles. The molecule has 1 N–H and O–H groups in total. The summed E-state index contributed by atoms with van der Waals surface area (Å²) in [4.78, 5) is 13.6. The quantitative estimate of drug-likeness (QED) is 0.816. The second kappa shape index (κ2) is 4.63. The summed E-state index contributed by atoms with van der Waals surface area (Å²) in [6, 6.07) is 5.35. The molecule has 1 aromatic carbocycles. The molecule has 3 nitrogen and oxygen atoms in total. The number of ketones is 1. The number of nitrogens with zero attached hydrogens (tertiary/aromatic N) is 1. The molecule has 1 heterocycles.